The molecule has 0 aliphatic carbocycles. The van der Waals surface area contributed by atoms with Crippen LogP contribution in [0.25, 0.3) is 11.4 Å². The molecule has 2 aromatic rings. The highest BCUT2D eigenvalue weighted by atomic mass is 32.2. The summed E-state index contributed by atoms with van der Waals surface area (Å²) in [4.78, 5) is 21.0. The van der Waals surface area contributed by atoms with Crippen LogP contribution in [0.15, 0.2) is 11.4 Å². The summed E-state index contributed by atoms with van der Waals surface area (Å²) < 4.78 is 57.1. The fourth-order valence-corrected chi connectivity index (χ4v) is 3.32. The van der Waals surface area contributed by atoms with Crippen molar-refractivity contribution in [2.24, 2.45) is 0 Å². The molecule has 30 heavy (non-hydrogen) atoms. The zero-order valence-corrected chi connectivity index (χ0v) is 17.9. The molecular formula is C17H22F2N6O4S. The maximum atomic E-state index is 13.3. The van der Waals surface area contributed by atoms with Gasteiger partial charge in [0, 0.05) is 24.9 Å². The van der Waals surface area contributed by atoms with E-state index in [1.807, 2.05) is 0 Å². The fourth-order valence-electron chi connectivity index (χ4n) is 2.80. The number of halogens is 2. The Kier molecular flexibility index (Phi) is 5.52. The first-order valence-corrected chi connectivity index (χ1v) is 10.9. The molecule has 0 spiro atoms. The second kappa shape index (κ2) is 7.52. The van der Waals surface area contributed by atoms with Crippen LogP contribution in [0.3, 0.4) is 0 Å². The number of hydrogen-bond donors (Lipinski definition) is 0. The molecule has 1 saturated heterocycles. The summed E-state index contributed by atoms with van der Waals surface area (Å²) in [5, 5.41) is 7.23. The van der Waals surface area contributed by atoms with Gasteiger partial charge in [-0.25, -0.2) is 36.6 Å². The standard InChI is InChI=1S/C17H22F2N6O4S/c1-9-12(20-15(30(5,27)28)21-13(9)14(18)19)11-8-25(23-22-11)10-6-24(7-10)16(26)29-17(2,3)4/h8,10,14H,6-7H2,1-5H3. The molecule has 10 nitrogen and oxygen atoms in total. The number of hydrogen-bond acceptors (Lipinski definition) is 8. The van der Waals surface area contributed by atoms with E-state index in [-0.39, 0.29) is 23.0 Å². The molecule has 0 N–H and O–H groups in total. The average Bonchev–Trinajstić information content (AvgIpc) is 2.99. The van der Waals surface area contributed by atoms with Crippen LogP contribution in [0.4, 0.5) is 13.6 Å². The van der Waals surface area contributed by atoms with Gasteiger partial charge in [0.1, 0.15) is 22.7 Å². The van der Waals surface area contributed by atoms with E-state index in [4.69, 9.17) is 4.74 Å². The van der Waals surface area contributed by atoms with Crippen LogP contribution >= 0.6 is 0 Å². The van der Waals surface area contributed by atoms with Crippen molar-refractivity contribution in [3.8, 4) is 11.4 Å². The van der Waals surface area contributed by atoms with Gasteiger partial charge in [0.2, 0.25) is 15.0 Å². The first-order chi connectivity index (χ1) is 13.8. The van der Waals surface area contributed by atoms with E-state index in [9.17, 15) is 22.0 Å². The van der Waals surface area contributed by atoms with E-state index in [1.54, 1.807) is 20.8 Å². The van der Waals surface area contributed by atoms with E-state index >= 15 is 0 Å². The van der Waals surface area contributed by atoms with Crippen LogP contribution in [-0.2, 0) is 14.6 Å². The van der Waals surface area contributed by atoms with Gasteiger partial charge in [0.05, 0.1) is 12.2 Å². The van der Waals surface area contributed by atoms with Crippen LogP contribution in [0, 0.1) is 6.92 Å². The zero-order chi connectivity index (χ0) is 22.4. The van der Waals surface area contributed by atoms with Crippen molar-refractivity contribution in [3.05, 3.63) is 17.5 Å². The van der Waals surface area contributed by atoms with Crippen molar-refractivity contribution in [2.45, 2.75) is 50.9 Å². The van der Waals surface area contributed by atoms with Crippen molar-refractivity contribution in [1.29, 1.82) is 0 Å². The Balaban J connectivity index is 1.84. The van der Waals surface area contributed by atoms with E-state index < -0.39 is 38.8 Å². The Bertz CT molecular complexity index is 1070. The number of aromatic nitrogens is 5. The molecule has 1 amide bonds. The number of alkyl halides is 2. The number of rotatable bonds is 4. The Hall–Kier alpha value is -2.70. The second-order valence-electron chi connectivity index (χ2n) is 8.06. The highest BCUT2D eigenvalue weighted by Crippen LogP contribution is 2.30. The van der Waals surface area contributed by atoms with Crippen LogP contribution < -0.4 is 0 Å². The first-order valence-electron chi connectivity index (χ1n) is 9.03. The van der Waals surface area contributed by atoms with Crippen molar-refractivity contribution >= 4 is 15.9 Å². The van der Waals surface area contributed by atoms with Crippen molar-refractivity contribution < 1.29 is 26.7 Å². The highest BCUT2D eigenvalue weighted by molar-refractivity contribution is 7.90. The normalized spacial score (nSPS) is 15.4. The summed E-state index contributed by atoms with van der Waals surface area (Å²) in [6.45, 7) is 7.38. The molecule has 0 aromatic carbocycles. The van der Waals surface area contributed by atoms with Gasteiger partial charge in [-0.2, -0.15) is 0 Å². The van der Waals surface area contributed by atoms with Gasteiger partial charge in [-0.05, 0) is 27.7 Å². The quantitative estimate of drug-likeness (QED) is 0.658. The van der Waals surface area contributed by atoms with Gasteiger partial charge in [-0.1, -0.05) is 5.21 Å². The topological polar surface area (TPSA) is 120 Å². The lowest BCUT2D eigenvalue weighted by molar-refractivity contribution is -0.000616. The van der Waals surface area contributed by atoms with Gasteiger partial charge in [-0.3, -0.25) is 0 Å². The molecule has 0 bridgehead atoms. The van der Waals surface area contributed by atoms with Crippen LogP contribution in [0.1, 0.15) is 44.5 Å². The van der Waals surface area contributed by atoms with Gasteiger partial charge < -0.3 is 9.64 Å². The third kappa shape index (κ3) is 4.55. The number of amides is 1. The van der Waals surface area contributed by atoms with Crippen LogP contribution in [0.2, 0.25) is 0 Å². The number of nitrogens with zero attached hydrogens (tertiary/aromatic N) is 6. The fraction of sp³-hybridized carbons (Fsp3) is 0.588. The molecule has 1 aliphatic heterocycles. The number of carbonyl (C=O) groups is 1. The largest absolute Gasteiger partial charge is 0.444 e. The maximum Gasteiger partial charge on any atom is 0.410 e. The van der Waals surface area contributed by atoms with Gasteiger partial charge >= 0.3 is 6.09 Å². The molecular weight excluding hydrogens is 422 g/mol. The van der Waals surface area contributed by atoms with Gasteiger partial charge in [0.25, 0.3) is 6.43 Å². The van der Waals surface area contributed by atoms with Crippen molar-refractivity contribution in [2.75, 3.05) is 19.3 Å². The molecule has 3 heterocycles. The third-order valence-electron chi connectivity index (χ3n) is 4.34. The minimum absolute atomic E-state index is 0.0217. The lowest BCUT2D eigenvalue weighted by Crippen LogP contribution is -2.52. The smallest absolute Gasteiger partial charge is 0.410 e. The molecule has 0 radical (unpaired) electrons. The summed E-state index contributed by atoms with van der Waals surface area (Å²) in [6.07, 6.45) is -1.10. The lowest BCUT2D eigenvalue weighted by Gasteiger charge is -2.39. The van der Waals surface area contributed by atoms with E-state index in [1.165, 1.54) is 22.7 Å². The lowest BCUT2D eigenvalue weighted by atomic mass is 10.1. The molecule has 1 aliphatic rings. The number of carbonyl (C=O) groups excluding carboxylic acids is 1. The molecule has 2 aromatic heterocycles. The summed E-state index contributed by atoms with van der Waals surface area (Å²) in [5.74, 6) is 0. The molecule has 0 saturated carbocycles. The average molecular weight is 444 g/mol. The SMILES string of the molecule is Cc1c(-c2cn(C3CN(C(=O)OC(C)(C)C)C3)nn2)nc(S(C)(=O)=O)nc1C(F)F. The minimum atomic E-state index is -3.91. The third-order valence-corrected chi connectivity index (χ3v) is 5.19. The summed E-state index contributed by atoms with van der Waals surface area (Å²) in [7, 11) is -3.91. The second-order valence-corrected chi connectivity index (χ2v) is 9.97. The predicted molar refractivity (Wildman–Crippen MR) is 101 cm³/mol. The van der Waals surface area contributed by atoms with Crippen molar-refractivity contribution in [1.82, 2.24) is 29.9 Å². The predicted octanol–water partition coefficient (Wildman–Crippen LogP) is 2.18. The zero-order valence-electron chi connectivity index (χ0n) is 17.1. The first kappa shape index (κ1) is 22.0. The van der Waals surface area contributed by atoms with Crippen molar-refractivity contribution in [3.63, 3.8) is 0 Å². The number of ether oxygens (including phenoxy) is 1. The maximum absolute atomic E-state index is 13.3. The Morgan fingerprint density at radius 1 is 1.27 bits per heavy atom. The summed E-state index contributed by atoms with van der Waals surface area (Å²) in [6, 6.07) is -0.176. The monoisotopic (exact) mass is 444 g/mol. The molecule has 1 fully saturated rings. The molecule has 164 valence electrons. The Labute approximate surface area is 172 Å². The number of likely N-dealkylation sites (tertiary alicyclic amines) is 1. The highest BCUT2D eigenvalue weighted by Gasteiger charge is 2.36. The van der Waals surface area contributed by atoms with Gasteiger partial charge in [-0.15, -0.1) is 5.10 Å². The Morgan fingerprint density at radius 3 is 2.43 bits per heavy atom. The van der Waals surface area contributed by atoms with E-state index in [2.05, 4.69) is 20.3 Å². The van der Waals surface area contributed by atoms with Crippen LogP contribution in [-0.4, -0.2) is 69.3 Å². The Morgan fingerprint density at radius 2 is 1.90 bits per heavy atom. The van der Waals surface area contributed by atoms with Gasteiger partial charge in [0.15, 0.2) is 0 Å². The van der Waals surface area contributed by atoms with E-state index in [0.717, 1.165) is 6.26 Å². The number of sulfone groups is 1. The summed E-state index contributed by atoms with van der Waals surface area (Å²) >= 11 is 0. The van der Waals surface area contributed by atoms with Crippen LogP contribution in [0.5, 0.6) is 0 Å². The summed E-state index contributed by atoms with van der Waals surface area (Å²) in [5.41, 5.74) is -1.15. The molecule has 13 heteroatoms. The molecule has 0 atom stereocenters. The minimum Gasteiger partial charge on any atom is -0.444 e. The molecule has 3 rings (SSSR count). The van der Waals surface area contributed by atoms with E-state index in [0.29, 0.717) is 13.1 Å². The molecule has 0 unspecified atom stereocenters.